The van der Waals surface area contributed by atoms with Gasteiger partial charge in [-0.25, -0.2) is 9.78 Å². The van der Waals surface area contributed by atoms with E-state index in [0.29, 0.717) is 19.2 Å². The Labute approximate surface area is 195 Å². The van der Waals surface area contributed by atoms with E-state index in [1.807, 2.05) is 13.8 Å². The predicted molar refractivity (Wildman–Crippen MR) is 129 cm³/mol. The van der Waals surface area contributed by atoms with Crippen molar-refractivity contribution in [2.45, 2.75) is 46.0 Å². The lowest BCUT2D eigenvalue weighted by Crippen LogP contribution is -2.47. The van der Waals surface area contributed by atoms with Crippen LogP contribution in [0.15, 0.2) is 30.5 Å². The molecular formula is C23H31BN6O3. The summed E-state index contributed by atoms with van der Waals surface area (Å²) in [6, 6.07) is 8.53. The van der Waals surface area contributed by atoms with Crippen LogP contribution in [0.25, 0.3) is 0 Å². The van der Waals surface area contributed by atoms with Crippen LogP contribution in [0.1, 0.15) is 43.5 Å². The lowest BCUT2D eigenvalue weighted by atomic mass is 9.93. The summed E-state index contributed by atoms with van der Waals surface area (Å²) in [7, 11) is 0.529. The molecule has 1 N–H and O–H groups in total. The summed E-state index contributed by atoms with van der Waals surface area (Å²) in [5.41, 5.74) is 3.21. The van der Waals surface area contributed by atoms with E-state index in [4.69, 9.17) is 4.74 Å². The number of nitrogens with one attached hydrogen (secondary N) is 1. The number of nitrogens with zero attached hydrogens (tertiary/aromatic N) is 5. The highest BCUT2D eigenvalue weighted by Crippen LogP contribution is 2.28. The molecule has 1 atom stereocenters. The Morgan fingerprint density at radius 3 is 2.55 bits per heavy atom. The van der Waals surface area contributed by atoms with E-state index in [1.54, 1.807) is 11.1 Å². The fourth-order valence-electron chi connectivity index (χ4n) is 4.21. The molecule has 4 rings (SSSR count). The molecule has 0 bridgehead atoms. The van der Waals surface area contributed by atoms with Gasteiger partial charge in [-0.2, -0.15) is 4.98 Å². The lowest BCUT2D eigenvalue weighted by molar-refractivity contribution is 0.139. The molecule has 0 spiro atoms. The molecule has 1 saturated heterocycles. The molecule has 2 aliphatic heterocycles. The highest BCUT2D eigenvalue weighted by atomic mass is 16.6. The Kier molecular flexibility index (Phi) is 7.24. The topological polar surface area (TPSA) is 90.9 Å². The molecule has 0 saturated carbocycles. The molecule has 1 aromatic heterocycles. The van der Waals surface area contributed by atoms with Gasteiger partial charge in [0.2, 0.25) is 5.95 Å². The molecule has 33 heavy (non-hydrogen) atoms. The fourth-order valence-corrected chi connectivity index (χ4v) is 4.21. The number of rotatable bonds is 8. The van der Waals surface area contributed by atoms with Gasteiger partial charge in [0.25, 0.3) is 7.41 Å². The quantitative estimate of drug-likeness (QED) is 0.484. The Bertz CT molecular complexity index is 979. The third-order valence-electron chi connectivity index (χ3n) is 6.16. The SMILES string of the molecule is CC(C)N1C(=O)OCc2cnc(N[C@@H](C)c3ccc(CN4CCN(BC=O)CC4)cc3)nc21. The van der Waals surface area contributed by atoms with Crippen molar-refractivity contribution in [1.29, 1.82) is 0 Å². The Morgan fingerprint density at radius 2 is 1.88 bits per heavy atom. The number of ether oxygens (including phenoxy) is 1. The number of anilines is 2. The average Bonchev–Trinajstić information content (AvgIpc) is 2.80. The van der Waals surface area contributed by atoms with E-state index in [9.17, 15) is 9.59 Å². The first-order valence-corrected chi connectivity index (χ1v) is 11.5. The van der Waals surface area contributed by atoms with E-state index in [-0.39, 0.29) is 24.8 Å². The number of piperazine rings is 1. The van der Waals surface area contributed by atoms with Crippen LogP contribution >= 0.6 is 0 Å². The summed E-state index contributed by atoms with van der Waals surface area (Å²) in [5.74, 6) is 1.09. The number of hydrogen-bond acceptors (Lipinski definition) is 8. The van der Waals surface area contributed by atoms with E-state index in [0.717, 1.165) is 50.0 Å². The van der Waals surface area contributed by atoms with Gasteiger partial charge >= 0.3 is 6.09 Å². The summed E-state index contributed by atoms with van der Waals surface area (Å²) in [5, 5.41) is 3.35. The van der Waals surface area contributed by atoms with Crippen LogP contribution in [0.3, 0.4) is 0 Å². The molecule has 174 valence electrons. The molecule has 9 nitrogen and oxygen atoms in total. The number of carbonyl (C=O) groups is 2. The van der Waals surface area contributed by atoms with E-state index in [1.165, 1.54) is 5.56 Å². The van der Waals surface area contributed by atoms with Crippen molar-refractivity contribution in [2.75, 3.05) is 36.4 Å². The van der Waals surface area contributed by atoms with Crippen LogP contribution in [0.2, 0.25) is 0 Å². The van der Waals surface area contributed by atoms with Crippen molar-refractivity contribution >= 4 is 31.5 Å². The summed E-state index contributed by atoms with van der Waals surface area (Å²) in [6.07, 6.45) is 2.32. The van der Waals surface area contributed by atoms with Gasteiger partial charge in [-0.3, -0.25) is 9.80 Å². The number of benzene rings is 1. The minimum Gasteiger partial charge on any atom is -0.444 e. The van der Waals surface area contributed by atoms with Gasteiger partial charge in [-0.05, 0) is 31.9 Å². The van der Waals surface area contributed by atoms with Crippen LogP contribution in [0.4, 0.5) is 16.6 Å². The second kappa shape index (κ2) is 10.3. The molecule has 0 aliphatic carbocycles. The minimum atomic E-state index is -0.379. The molecule has 3 heterocycles. The monoisotopic (exact) mass is 450 g/mol. The van der Waals surface area contributed by atoms with Crippen LogP contribution in [0, 0.1) is 0 Å². The summed E-state index contributed by atoms with van der Waals surface area (Å²) < 4.78 is 5.22. The van der Waals surface area contributed by atoms with Crippen LogP contribution < -0.4 is 10.2 Å². The van der Waals surface area contributed by atoms with E-state index in [2.05, 4.69) is 56.2 Å². The zero-order valence-electron chi connectivity index (χ0n) is 19.5. The molecule has 0 radical (unpaired) electrons. The second-order valence-corrected chi connectivity index (χ2v) is 8.91. The van der Waals surface area contributed by atoms with Gasteiger partial charge in [-0.15, -0.1) is 0 Å². The second-order valence-electron chi connectivity index (χ2n) is 8.91. The first-order chi connectivity index (χ1) is 15.9. The highest BCUT2D eigenvalue weighted by molar-refractivity contribution is 6.64. The third kappa shape index (κ3) is 5.51. The predicted octanol–water partition coefficient (Wildman–Crippen LogP) is 2.17. The van der Waals surface area contributed by atoms with Crippen molar-refractivity contribution in [1.82, 2.24) is 19.7 Å². The van der Waals surface area contributed by atoms with Crippen molar-refractivity contribution in [3.63, 3.8) is 0 Å². The molecule has 1 aromatic carbocycles. The largest absolute Gasteiger partial charge is 0.444 e. The van der Waals surface area contributed by atoms with Gasteiger partial charge in [0.05, 0.1) is 17.8 Å². The molecule has 0 unspecified atom stereocenters. The molecular weight excluding hydrogens is 419 g/mol. The first-order valence-electron chi connectivity index (χ1n) is 11.5. The molecule has 1 amide bonds. The summed E-state index contributed by atoms with van der Waals surface area (Å²) in [6.45, 7) is 10.9. The number of fused-ring (bicyclic) bond motifs is 1. The van der Waals surface area contributed by atoms with E-state index >= 15 is 0 Å². The normalized spacial score (nSPS) is 17.9. The van der Waals surface area contributed by atoms with Crippen molar-refractivity contribution in [2.24, 2.45) is 0 Å². The zero-order chi connectivity index (χ0) is 23.4. The van der Waals surface area contributed by atoms with Gasteiger partial charge in [0.1, 0.15) is 12.4 Å². The average molecular weight is 450 g/mol. The maximum absolute atomic E-state index is 12.2. The van der Waals surface area contributed by atoms with Gasteiger partial charge in [-0.1, -0.05) is 24.3 Å². The van der Waals surface area contributed by atoms with Crippen LogP contribution in [-0.2, 0) is 22.7 Å². The maximum atomic E-state index is 12.2. The van der Waals surface area contributed by atoms with Crippen LogP contribution in [0.5, 0.6) is 0 Å². The molecule has 2 aliphatic rings. The van der Waals surface area contributed by atoms with Gasteiger partial charge in [0, 0.05) is 45.0 Å². The van der Waals surface area contributed by atoms with Crippen LogP contribution in [-0.4, -0.2) is 71.6 Å². The maximum Gasteiger partial charge on any atom is 0.416 e. The number of hydrogen-bond donors (Lipinski definition) is 1. The smallest absolute Gasteiger partial charge is 0.416 e. The third-order valence-corrected chi connectivity index (χ3v) is 6.16. The Morgan fingerprint density at radius 1 is 1.15 bits per heavy atom. The number of cyclic esters (lactones) is 1. The van der Waals surface area contributed by atoms with E-state index < -0.39 is 0 Å². The molecule has 1 fully saturated rings. The molecule has 10 heteroatoms. The van der Waals surface area contributed by atoms with Crippen molar-refractivity contribution in [3.8, 4) is 0 Å². The lowest BCUT2D eigenvalue weighted by Gasteiger charge is -2.33. The highest BCUT2D eigenvalue weighted by Gasteiger charge is 2.30. The first kappa shape index (κ1) is 23.2. The zero-order valence-corrected chi connectivity index (χ0v) is 19.5. The minimum absolute atomic E-state index is 0.00651. The Balaban J connectivity index is 1.37. The van der Waals surface area contributed by atoms with Gasteiger partial charge in [0.15, 0.2) is 0 Å². The van der Waals surface area contributed by atoms with Gasteiger partial charge < -0.3 is 19.7 Å². The number of carbonyl (C=O) groups excluding carboxylic acids is 2. The number of aromatic nitrogens is 2. The Hall–Kier alpha value is -2.98. The van der Waals surface area contributed by atoms with Crippen molar-refractivity contribution < 1.29 is 14.3 Å². The number of amides is 1. The standard InChI is InChI=1S/C23H31BN6O3/c1-16(2)30-21-20(14-33-23(30)32)12-25-22(27-21)26-17(3)19-6-4-18(5-7-19)13-28-8-10-29(11-9-28)24-15-31/h4-7,12,15-17,24H,8-11,13-14H2,1-3H3,(H,25,26,27)/t17-/m0/s1. The fraction of sp³-hybridized carbons (Fsp3) is 0.478. The molecule has 2 aromatic rings. The van der Waals surface area contributed by atoms with Crippen molar-refractivity contribution in [3.05, 3.63) is 47.2 Å². The summed E-state index contributed by atoms with van der Waals surface area (Å²) >= 11 is 0. The summed E-state index contributed by atoms with van der Waals surface area (Å²) in [4.78, 5) is 38.1.